The van der Waals surface area contributed by atoms with Gasteiger partial charge in [-0.3, -0.25) is 4.90 Å². The number of hydrogen-bond acceptors (Lipinski definition) is 2. The number of piperidine rings is 1. The van der Waals surface area contributed by atoms with Gasteiger partial charge in [0.25, 0.3) is 0 Å². The van der Waals surface area contributed by atoms with Gasteiger partial charge >= 0.3 is 0 Å². The van der Waals surface area contributed by atoms with Crippen molar-refractivity contribution in [3.8, 4) is 0 Å². The molecule has 0 radical (unpaired) electrons. The lowest BCUT2D eigenvalue weighted by atomic mass is 9.78. The largest absolute Gasteiger partial charge is 0.306 e. The zero-order valence-corrected chi connectivity index (χ0v) is 12.5. The maximum absolute atomic E-state index is 5.93. The fourth-order valence-electron chi connectivity index (χ4n) is 3.60. The summed E-state index contributed by atoms with van der Waals surface area (Å²) in [5, 5.41) is 0.829. The van der Waals surface area contributed by atoms with Crippen molar-refractivity contribution >= 4 is 11.6 Å². The molecular weight excluding hydrogens is 256 g/mol. The molecule has 0 aromatic heterocycles. The molecule has 0 N–H and O–H groups in total. The molecule has 19 heavy (non-hydrogen) atoms. The summed E-state index contributed by atoms with van der Waals surface area (Å²) >= 11 is 5.93. The molecule has 2 saturated heterocycles. The smallest absolute Gasteiger partial charge is 0.0406 e. The van der Waals surface area contributed by atoms with Crippen LogP contribution < -0.4 is 0 Å². The number of hydrogen-bond donors (Lipinski definition) is 0. The molecule has 3 heteroatoms. The predicted octanol–water partition coefficient (Wildman–Crippen LogP) is 3.26. The fraction of sp³-hybridized carbons (Fsp3) is 0.625. The first-order valence-corrected chi connectivity index (χ1v) is 7.68. The van der Waals surface area contributed by atoms with Crippen LogP contribution in [0.3, 0.4) is 0 Å². The third kappa shape index (κ3) is 3.13. The van der Waals surface area contributed by atoms with Crippen LogP contribution in [0.2, 0.25) is 5.02 Å². The van der Waals surface area contributed by atoms with Gasteiger partial charge in [-0.1, -0.05) is 23.7 Å². The second-order valence-corrected chi connectivity index (χ2v) is 6.83. The van der Waals surface area contributed by atoms with Gasteiger partial charge in [-0.15, -0.1) is 0 Å². The fourth-order valence-corrected chi connectivity index (χ4v) is 3.73. The van der Waals surface area contributed by atoms with Crippen LogP contribution in [0, 0.1) is 5.41 Å². The van der Waals surface area contributed by atoms with Crippen LogP contribution in [0.1, 0.15) is 24.8 Å². The molecule has 0 amide bonds. The van der Waals surface area contributed by atoms with Crippen molar-refractivity contribution in [3.63, 3.8) is 0 Å². The second-order valence-electron chi connectivity index (χ2n) is 6.39. The van der Waals surface area contributed by atoms with Crippen molar-refractivity contribution < 1.29 is 0 Å². The lowest BCUT2D eigenvalue weighted by Crippen LogP contribution is -2.40. The van der Waals surface area contributed by atoms with E-state index in [1.807, 2.05) is 12.1 Å². The topological polar surface area (TPSA) is 6.48 Å². The van der Waals surface area contributed by atoms with E-state index in [9.17, 15) is 0 Å². The zero-order valence-electron chi connectivity index (χ0n) is 11.7. The molecule has 2 fully saturated rings. The quantitative estimate of drug-likeness (QED) is 0.819. The van der Waals surface area contributed by atoms with Gasteiger partial charge in [0.1, 0.15) is 0 Å². The van der Waals surface area contributed by atoms with E-state index in [1.54, 1.807) is 0 Å². The Morgan fingerprint density at radius 3 is 2.26 bits per heavy atom. The van der Waals surface area contributed by atoms with Crippen LogP contribution in [-0.4, -0.2) is 43.0 Å². The molecule has 0 atom stereocenters. The van der Waals surface area contributed by atoms with Gasteiger partial charge < -0.3 is 4.90 Å². The Labute approximate surface area is 121 Å². The summed E-state index contributed by atoms with van der Waals surface area (Å²) in [5.41, 5.74) is 2.01. The van der Waals surface area contributed by atoms with Crippen LogP contribution >= 0.6 is 11.6 Å². The van der Waals surface area contributed by atoms with Gasteiger partial charge in [-0.25, -0.2) is 0 Å². The predicted molar refractivity (Wildman–Crippen MR) is 80.5 cm³/mol. The van der Waals surface area contributed by atoms with Gasteiger partial charge in [0.2, 0.25) is 0 Å². The summed E-state index contributed by atoms with van der Waals surface area (Å²) in [7, 11) is 2.26. The molecule has 0 aliphatic carbocycles. The second kappa shape index (κ2) is 5.43. The van der Waals surface area contributed by atoms with Gasteiger partial charge in [-0.05, 0) is 69.1 Å². The zero-order chi connectivity index (χ0) is 13.3. The molecule has 104 valence electrons. The van der Waals surface area contributed by atoms with Crippen LogP contribution in [-0.2, 0) is 6.54 Å². The Hall–Kier alpha value is -0.570. The maximum atomic E-state index is 5.93. The van der Waals surface area contributed by atoms with Crippen LogP contribution in [0.5, 0.6) is 0 Å². The molecule has 1 aromatic carbocycles. The van der Waals surface area contributed by atoms with Crippen molar-refractivity contribution in [2.75, 3.05) is 33.2 Å². The number of likely N-dealkylation sites (tertiary alicyclic amines) is 2. The summed E-state index contributed by atoms with van der Waals surface area (Å²) in [5.74, 6) is 0. The number of rotatable bonds is 2. The molecule has 0 unspecified atom stereocenters. The molecule has 0 bridgehead atoms. The Balaban J connectivity index is 1.54. The molecule has 3 rings (SSSR count). The Bertz CT molecular complexity index is 421. The summed E-state index contributed by atoms with van der Waals surface area (Å²) in [6, 6.07) is 8.29. The van der Waals surface area contributed by atoms with Crippen LogP contribution in [0.25, 0.3) is 0 Å². The molecule has 0 saturated carbocycles. The van der Waals surface area contributed by atoms with Gasteiger partial charge in [0.05, 0.1) is 0 Å². The van der Waals surface area contributed by atoms with E-state index < -0.39 is 0 Å². The van der Waals surface area contributed by atoms with E-state index >= 15 is 0 Å². The highest BCUT2D eigenvalue weighted by Crippen LogP contribution is 2.39. The van der Waals surface area contributed by atoms with Crippen LogP contribution in [0.15, 0.2) is 24.3 Å². The van der Waals surface area contributed by atoms with E-state index in [1.165, 1.54) is 51.0 Å². The minimum atomic E-state index is 0.630. The van der Waals surface area contributed by atoms with E-state index in [0.29, 0.717) is 5.41 Å². The molecule has 2 heterocycles. The first-order chi connectivity index (χ1) is 9.15. The average Bonchev–Trinajstić information content (AvgIpc) is 2.77. The van der Waals surface area contributed by atoms with E-state index in [4.69, 9.17) is 11.6 Å². The third-order valence-electron chi connectivity index (χ3n) is 4.87. The highest BCUT2D eigenvalue weighted by atomic mass is 35.5. The van der Waals surface area contributed by atoms with Gasteiger partial charge in [0, 0.05) is 18.1 Å². The van der Waals surface area contributed by atoms with Crippen molar-refractivity contribution in [3.05, 3.63) is 34.9 Å². The first kappa shape index (κ1) is 13.4. The maximum Gasteiger partial charge on any atom is 0.0406 e. The van der Waals surface area contributed by atoms with Crippen LogP contribution in [0.4, 0.5) is 0 Å². The molecule has 2 nitrogen and oxygen atoms in total. The summed E-state index contributed by atoms with van der Waals surface area (Å²) in [6.45, 7) is 6.16. The summed E-state index contributed by atoms with van der Waals surface area (Å²) in [4.78, 5) is 5.08. The number of nitrogens with zero attached hydrogens (tertiary/aromatic N) is 2. The molecule has 2 aliphatic heterocycles. The highest BCUT2D eigenvalue weighted by molar-refractivity contribution is 6.30. The lowest BCUT2D eigenvalue weighted by molar-refractivity contribution is 0.105. The van der Waals surface area contributed by atoms with E-state index in [2.05, 4.69) is 29.0 Å². The lowest BCUT2D eigenvalue weighted by Gasteiger charge is -2.39. The minimum absolute atomic E-state index is 0.630. The first-order valence-electron chi connectivity index (χ1n) is 7.31. The third-order valence-corrected chi connectivity index (χ3v) is 5.12. The van der Waals surface area contributed by atoms with Gasteiger partial charge in [-0.2, -0.15) is 0 Å². The Morgan fingerprint density at radius 2 is 1.68 bits per heavy atom. The Morgan fingerprint density at radius 1 is 1.05 bits per heavy atom. The summed E-state index contributed by atoms with van der Waals surface area (Å²) < 4.78 is 0. The van der Waals surface area contributed by atoms with Crippen molar-refractivity contribution in [2.45, 2.75) is 25.8 Å². The van der Waals surface area contributed by atoms with E-state index in [-0.39, 0.29) is 0 Å². The molecular formula is C16H23ClN2. The standard InChI is InChI=1S/C16H23ClN2/c1-18-9-6-16(13-18)7-10-19(11-8-16)12-14-2-4-15(17)5-3-14/h2-5H,6-13H2,1H3. The van der Waals surface area contributed by atoms with Gasteiger partial charge in [0.15, 0.2) is 0 Å². The molecule has 2 aliphatic rings. The monoisotopic (exact) mass is 278 g/mol. The molecule has 1 aromatic rings. The summed E-state index contributed by atoms with van der Waals surface area (Å²) in [6.07, 6.45) is 4.13. The molecule has 1 spiro atoms. The van der Waals surface area contributed by atoms with E-state index in [0.717, 1.165) is 11.6 Å². The van der Waals surface area contributed by atoms with Crippen molar-refractivity contribution in [1.82, 2.24) is 9.80 Å². The number of benzene rings is 1. The van der Waals surface area contributed by atoms with Crippen molar-refractivity contribution in [2.24, 2.45) is 5.41 Å². The van der Waals surface area contributed by atoms with Crippen molar-refractivity contribution in [1.29, 1.82) is 0 Å². The highest BCUT2D eigenvalue weighted by Gasteiger charge is 2.39. The minimum Gasteiger partial charge on any atom is -0.306 e. The normalized spacial score (nSPS) is 24.1. The SMILES string of the molecule is CN1CCC2(CCN(Cc3ccc(Cl)cc3)CC2)C1. The Kier molecular flexibility index (Phi) is 3.84. The number of halogens is 1. The average molecular weight is 279 g/mol.